The van der Waals surface area contributed by atoms with Crippen molar-refractivity contribution in [3.05, 3.63) is 35.9 Å². The number of ether oxygens (including phenoxy) is 1. The Bertz CT molecular complexity index is 323. The van der Waals surface area contributed by atoms with Crippen molar-refractivity contribution in [2.24, 2.45) is 11.3 Å². The third kappa shape index (κ3) is 2.65. The zero-order valence-corrected chi connectivity index (χ0v) is 10.6. The van der Waals surface area contributed by atoms with Crippen LogP contribution in [0.15, 0.2) is 30.3 Å². The van der Waals surface area contributed by atoms with Gasteiger partial charge >= 0.3 is 0 Å². The second kappa shape index (κ2) is 4.58. The number of hydrogen-bond donors (Lipinski definition) is 0. The summed E-state index contributed by atoms with van der Waals surface area (Å²) in [5.41, 5.74) is 1.73. The largest absolute Gasteiger partial charge is 0.374 e. The topological polar surface area (TPSA) is 9.23 Å². The monoisotopic (exact) mass is 218 g/mol. The molecule has 1 saturated heterocycles. The smallest absolute Gasteiger partial charge is 0.0827 e. The molecule has 0 N–H and O–H groups in total. The lowest BCUT2D eigenvalue weighted by molar-refractivity contribution is -0.0364. The summed E-state index contributed by atoms with van der Waals surface area (Å²) in [5, 5.41) is 0. The van der Waals surface area contributed by atoms with Crippen molar-refractivity contribution < 1.29 is 4.74 Å². The first-order chi connectivity index (χ1) is 7.57. The minimum absolute atomic E-state index is 0.305. The van der Waals surface area contributed by atoms with Crippen molar-refractivity contribution in [2.45, 2.75) is 39.7 Å². The number of hydrogen-bond acceptors (Lipinski definition) is 1. The van der Waals surface area contributed by atoms with E-state index in [1.807, 2.05) is 0 Å². The molecule has 1 aromatic carbocycles. The molecule has 1 aromatic rings. The van der Waals surface area contributed by atoms with Gasteiger partial charge in [-0.2, -0.15) is 0 Å². The van der Waals surface area contributed by atoms with Crippen molar-refractivity contribution in [1.29, 1.82) is 0 Å². The minimum atomic E-state index is 0.305. The molecule has 0 radical (unpaired) electrons. The average molecular weight is 218 g/mol. The highest BCUT2D eigenvalue weighted by Gasteiger charge is 2.31. The quantitative estimate of drug-likeness (QED) is 0.686. The SMILES string of the molecule is CC(C)(C)C1CCOC(c2ccccc2)C1. The zero-order chi connectivity index (χ0) is 11.6. The molecule has 1 fully saturated rings. The Balaban J connectivity index is 2.08. The molecule has 0 amide bonds. The van der Waals surface area contributed by atoms with Gasteiger partial charge in [0, 0.05) is 6.61 Å². The van der Waals surface area contributed by atoms with Gasteiger partial charge in [-0.15, -0.1) is 0 Å². The van der Waals surface area contributed by atoms with Gasteiger partial charge in [0.15, 0.2) is 0 Å². The first-order valence-electron chi connectivity index (χ1n) is 6.24. The van der Waals surface area contributed by atoms with Crippen LogP contribution in [0.3, 0.4) is 0 Å². The molecule has 88 valence electrons. The van der Waals surface area contributed by atoms with Crippen LogP contribution in [-0.4, -0.2) is 6.61 Å². The molecule has 1 aliphatic heterocycles. The third-order valence-electron chi connectivity index (χ3n) is 3.68. The van der Waals surface area contributed by atoms with Crippen LogP contribution >= 0.6 is 0 Å². The van der Waals surface area contributed by atoms with E-state index in [1.165, 1.54) is 12.0 Å². The van der Waals surface area contributed by atoms with Crippen LogP contribution < -0.4 is 0 Å². The van der Waals surface area contributed by atoms with Gasteiger partial charge in [-0.3, -0.25) is 0 Å². The van der Waals surface area contributed by atoms with Gasteiger partial charge < -0.3 is 4.74 Å². The van der Waals surface area contributed by atoms with E-state index in [0.717, 1.165) is 18.9 Å². The van der Waals surface area contributed by atoms with Gasteiger partial charge in [-0.25, -0.2) is 0 Å². The van der Waals surface area contributed by atoms with E-state index in [2.05, 4.69) is 51.1 Å². The highest BCUT2D eigenvalue weighted by molar-refractivity contribution is 5.18. The van der Waals surface area contributed by atoms with Crippen LogP contribution in [0.25, 0.3) is 0 Å². The highest BCUT2D eigenvalue weighted by atomic mass is 16.5. The standard InChI is InChI=1S/C15H22O/c1-15(2,3)13-9-10-16-14(11-13)12-7-5-4-6-8-12/h4-8,13-14H,9-11H2,1-3H3. The number of rotatable bonds is 1. The summed E-state index contributed by atoms with van der Waals surface area (Å²) in [6, 6.07) is 10.6. The van der Waals surface area contributed by atoms with E-state index < -0.39 is 0 Å². The van der Waals surface area contributed by atoms with Gasteiger partial charge in [0.25, 0.3) is 0 Å². The van der Waals surface area contributed by atoms with E-state index >= 15 is 0 Å². The van der Waals surface area contributed by atoms with Gasteiger partial charge in [0.1, 0.15) is 0 Å². The molecule has 1 heterocycles. The maximum absolute atomic E-state index is 5.89. The summed E-state index contributed by atoms with van der Waals surface area (Å²) in [6.07, 6.45) is 2.67. The summed E-state index contributed by atoms with van der Waals surface area (Å²) in [7, 11) is 0. The second-order valence-corrected chi connectivity index (χ2v) is 5.86. The van der Waals surface area contributed by atoms with Gasteiger partial charge in [0.2, 0.25) is 0 Å². The van der Waals surface area contributed by atoms with Crippen molar-refractivity contribution in [3.8, 4) is 0 Å². The molecule has 1 aliphatic rings. The van der Waals surface area contributed by atoms with Crippen LogP contribution in [0.2, 0.25) is 0 Å². The van der Waals surface area contributed by atoms with E-state index in [0.29, 0.717) is 11.5 Å². The van der Waals surface area contributed by atoms with Crippen LogP contribution in [-0.2, 0) is 4.74 Å². The maximum Gasteiger partial charge on any atom is 0.0827 e. The first kappa shape index (κ1) is 11.7. The molecule has 0 aliphatic carbocycles. The Labute approximate surface area is 98.8 Å². The van der Waals surface area contributed by atoms with Gasteiger partial charge in [0.05, 0.1) is 6.10 Å². The molecule has 2 unspecified atom stereocenters. The summed E-state index contributed by atoms with van der Waals surface area (Å²) in [6.45, 7) is 7.92. The summed E-state index contributed by atoms with van der Waals surface area (Å²) in [5.74, 6) is 0.770. The normalized spacial score (nSPS) is 26.7. The molecule has 2 rings (SSSR count). The van der Waals surface area contributed by atoms with Crippen molar-refractivity contribution in [2.75, 3.05) is 6.61 Å². The Morgan fingerprint density at radius 3 is 2.44 bits per heavy atom. The fourth-order valence-corrected chi connectivity index (χ4v) is 2.48. The predicted molar refractivity (Wildman–Crippen MR) is 67.3 cm³/mol. The molecule has 1 heteroatoms. The Kier molecular flexibility index (Phi) is 3.34. The van der Waals surface area contributed by atoms with E-state index in [1.54, 1.807) is 0 Å². The summed E-state index contributed by atoms with van der Waals surface area (Å²) in [4.78, 5) is 0. The molecule has 0 spiro atoms. The molecular weight excluding hydrogens is 196 g/mol. The van der Waals surface area contributed by atoms with E-state index in [9.17, 15) is 0 Å². The van der Waals surface area contributed by atoms with E-state index in [4.69, 9.17) is 4.74 Å². The number of benzene rings is 1. The molecule has 2 atom stereocenters. The Hall–Kier alpha value is -0.820. The third-order valence-corrected chi connectivity index (χ3v) is 3.68. The molecule has 0 aromatic heterocycles. The zero-order valence-electron chi connectivity index (χ0n) is 10.6. The van der Waals surface area contributed by atoms with Gasteiger partial charge in [-0.05, 0) is 29.7 Å². The predicted octanol–water partition coefficient (Wildman–Crippen LogP) is 4.20. The summed E-state index contributed by atoms with van der Waals surface area (Å²) < 4.78 is 5.89. The molecule has 0 bridgehead atoms. The lowest BCUT2D eigenvalue weighted by atomic mass is 9.74. The molecule has 0 saturated carbocycles. The lowest BCUT2D eigenvalue weighted by Crippen LogP contribution is -2.29. The molecule has 1 nitrogen and oxygen atoms in total. The fraction of sp³-hybridized carbons (Fsp3) is 0.600. The van der Waals surface area contributed by atoms with Crippen LogP contribution in [0.4, 0.5) is 0 Å². The van der Waals surface area contributed by atoms with Crippen molar-refractivity contribution in [1.82, 2.24) is 0 Å². The molecule has 16 heavy (non-hydrogen) atoms. The average Bonchev–Trinajstić information content (AvgIpc) is 2.29. The fourth-order valence-electron chi connectivity index (χ4n) is 2.48. The molecular formula is C15H22O. The van der Waals surface area contributed by atoms with Crippen molar-refractivity contribution in [3.63, 3.8) is 0 Å². The Morgan fingerprint density at radius 2 is 1.81 bits per heavy atom. The second-order valence-electron chi connectivity index (χ2n) is 5.86. The van der Waals surface area contributed by atoms with Crippen LogP contribution in [0.5, 0.6) is 0 Å². The van der Waals surface area contributed by atoms with Gasteiger partial charge in [-0.1, -0.05) is 51.1 Å². The first-order valence-corrected chi connectivity index (χ1v) is 6.24. The maximum atomic E-state index is 5.89. The van der Waals surface area contributed by atoms with Crippen molar-refractivity contribution >= 4 is 0 Å². The Morgan fingerprint density at radius 1 is 1.12 bits per heavy atom. The highest BCUT2D eigenvalue weighted by Crippen LogP contribution is 2.40. The minimum Gasteiger partial charge on any atom is -0.374 e. The lowest BCUT2D eigenvalue weighted by Gasteiger charge is -2.37. The van der Waals surface area contributed by atoms with E-state index in [-0.39, 0.29) is 0 Å². The van der Waals surface area contributed by atoms with Crippen LogP contribution in [0.1, 0.15) is 45.3 Å². The van der Waals surface area contributed by atoms with Crippen LogP contribution in [0, 0.1) is 11.3 Å². The summed E-state index contributed by atoms with van der Waals surface area (Å²) >= 11 is 0.